The summed E-state index contributed by atoms with van der Waals surface area (Å²) in [7, 11) is 0. The quantitative estimate of drug-likeness (QED) is 0.632. The fourth-order valence-electron chi connectivity index (χ4n) is 2.08. The zero-order chi connectivity index (χ0) is 15.8. The molecule has 1 aromatic rings. The Balaban J connectivity index is 2.74. The summed E-state index contributed by atoms with van der Waals surface area (Å²) in [5, 5.41) is 11.9. The van der Waals surface area contributed by atoms with E-state index in [0.717, 1.165) is 18.5 Å². The standard InChI is InChI=1S/C15H23N3O2S/c1-3-7-18(8-9-19)11(2)15(20)17-13-6-4-5-12(10-13)14(16)21/h4-6,10-11,19H,3,7-9H2,1-2H3,(H2,16,21)(H,17,20). The van der Waals surface area contributed by atoms with E-state index in [4.69, 9.17) is 23.1 Å². The highest BCUT2D eigenvalue weighted by Crippen LogP contribution is 2.12. The fraction of sp³-hybridized carbons (Fsp3) is 0.467. The van der Waals surface area contributed by atoms with E-state index in [0.29, 0.717) is 17.2 Å². The van der Waals surface area contributed by atoms with Gasteiger partial charge in [-0.2, -0.15) is 0 Å². The summed E-state index contributed by atoms with van der Waals surface area (Å²) in [6.07, 6.45) is 0.925. The van der Waals surface area contributed by atoms with E-state index < -0.39 is 0 Å². The number of aliphatic hydroxyl groups is 1. The molecule has 4 N–H and O–H groups in total. The van der Waals surface area contributed by atoms with Crippen LogP contribution in [0, 0.1) is 0 Å². The summed E-state index contributed by atoms with van der Waals surface area (Å²) < 4.78 is 0. The van der Waals surface area contributed by atoms with Crippen LogP contribution in [-0.4, -0.2) is 46.6 Å². The summed E-state index contributed by atoms with van der Waals surface area (Å²) in [5.41, 5.74) is 6.97. The number of benzene rings is 1. The second-order valence-corrected chi connectivity index (χ2v) is 5.31. The van der Waals surface area contributed by atoms with Crippen molar-refractivity contribution < 1.29 is 9.90 Å². The van der Waals surface area contributed by atoms with Crippen LogP contribution in [0.3, 0.4) is 0 Å². The molecule has 0 radical (unpaired) electrons. The maximum atomic E-state index is 12.3. The Morgan fingerprint density at radius 3 is 2.76 bits per heavy atom. The van der Waals surface area contributed by atoms with E-state index in [1.54, 1.807) is 24.3 Å². The third kappa shape index (κ3) is 5.41. The number of amides is 1. The van der Waals surface area contributed by atoms with Gasteiger partial charge >= 0.3 is 0 Å². The van der Waals surface area contributed by atoms with Gasteiger partial charge in [-0.1, -0.05) is 31.3 Å². The molecule has 1 atom stereocenters. The zero-order valence-corrected chi connectivity index (χ0v) is 13.3. The van der Waals surface area contributed by atoms with Gasteiger partial charge in [-0.15, -0.1) is 0 Å². The van der Waals surface area contributed by atoms with Gasteiger partial charge in [-0.05, 0) is 32.0 Å². The largest absolute Gasteiger partial charge is 0.395 e. The number of hydrogen-bond donors (Lipinski definition) is 3. The average molecular weight is 309 g/mol. The molecule has 1 unspecified atom stereocenters. The lowest BCUT2D eigenvalue weighted by molar-refractivity contribution is -0.120. The molecule has 0 fully saturated rings. The van der Waals surface area contributed by atoms with Crippen molar-refractivity contribution in [1.82, 2.24) is 4.90 Å². The Hall–Kier alpha value is -1.50. The lowest BCUT2D eigenvalue weighted by atomic mass is 10.2. The third-order valence-corrected chi connectivity index (χ3v) is 3.48. The van der Waals surface area contributed by atoms with Crippen LogP contribution in [0.1, 0.15) is 25.8 Å². The lowest BCUT2D eigenvalue weighted by Crippen LogP contribution is -2.43. The molecule has 0 aliphatic carbocycles. The number of anilines is 1. The number of nitrogens with two attached hydrogens (primary N) is 1. The predicted octanol–water partition coefficient (Wildman–Crippen LogP) is 1.35. The Labute approximate surface area is 131 Å². The molecule has 0 heterocycles. The molecule has 1 rings (SSSR count). The van der Waals surface area contributed by atoms with Crippen LogP contribution in [0.15, 0.2) is 24.3 Å². The van der Waals surface area contributed by atoms with Gasteiger partial charge in [0.2, 0.25) is 5.91 Å². The number of nitrogens with zero attached hydrogens (tertiary/aromatic N) is 1. The first kappa shape index (κ1) is 17.6. The first-order valence-corrected chi connectivity index (χ1v) is 7.46. The van der Waals surface area contributed by atoms with E-state index in [-0.39, 0.29) is 18.6 Å². The van der Waals surface area contributed by atoms with E-state index in [9.17, 15) is 4.79 Å². The number of hydrogen-bond acceptors (Lipinski definition) is 4. The number of carbonyl (C=O) groups excluding carboxylic acids is 1. The highest BCUT2D eigenvalue weighted by atomic mass is 32.1. The van der Waals surface area contributed by atoms with Crippen molar-refractivity contribution in [2.24, 2.45) is 5.73 Å². The molecule has 1 amide bonds. The smallest absolute Gasteiger partial charge is 0.241 e. The van der Waals surface area contributed by atoms with Crippen molar-refractivity contribution in [3.05, 3.63) is 29.8 Å². The summed E-state index contributed by atoms with van der Waals surface area (Å²) in [6.45, 7) is 5.16. The number of carbonyl (C=O) groups is 1. The Kier molecular flexibility index (Phi) is 7.28. The molecule has 0 saturated carbocycles. The maximum absolute atomic E-state index is 12.3. The first-order valence-electron chi connectivity index (χ1n) is 7.05. The number of nitrogens with one attached hydrogen (secondary N) is 1. The first-order chi connectivity index (χ1) is 9.99. The summed E-state index contributed by atoms with van der Waals surface area (Å²) in [4.78, 5) is 14.5. The maximum Gasteiger partial charge on any atom is 0.241 e. The molecule has 0 aliphatic rings. The van der Waals surface area contributed by atoms with Gasteiger partial charge in [-0.3, -0.25) is 9.69 Å². The minimum absolute atomic E-state index is 0.0363. The molecular weight excluding hydrogens is 286 g/mol. The fourth-order valence-corrected chi connectivity index (χ4v) is 2.20. The predicted molar refractivity (Wildman–Crippen MR) is 89.4 cm³/mol. The van der Waals surface area contributed by atoms with Gasteiger partial charge in [-0.25, -0.2) is 0 Å². The second-order valence-electron chi connectivity index (χ2n) is 4.87. The number of thiocarbonyl (C=S) groups is 1. The molecule has 0 aromatic heterocycles. The Morgan fingerprint density at radius 2 is 2.19 bits per heavy atom. The lowest BCUT2D eigenvalue weighted by Gasteiger charge is -2.27. The molecule has 0 aliphatic heterocycles. The molecule has 0 spiro atoms. The van der Waals surface area contributed by atoms with Gasteiger partial charge in [0.05, 0.1) is 12.6 Å². The summed E-state index contributed by atoms with van der Waals surface area (Å²) in [6, 6.07) is 6.83. The molecule has 116 valence electrons. The van der Waals surface area contributed by atoms with Crippen molar-refractivity contribution in [1.29, 1.82) is 0 Å². The van der Waals surface area contributed by atoms with Crippen molar-refractivity contribution in [2.75, 3.05) is 25.0 Å². The van der Waals surface area contributed by atoms with Crippen molar-refractivity contribution in [3.8, 4) is 0 Å². The monoisotopic (exact) mass is 309 g/mol. The minimum atomic E-state index is -0.314. The molecule has 6 heteroatoms. The van der Waals surface area contributed by atoms with Gasteiger partial charge < -0.3 is 16.2 Å². The van der Waals surface area contributed by atoms with Gasteiger partial charge in [0.25, 0.3) is 0 Å². The zero-order valence-electron chi connectivity index (χ0n) is 12.5. The molecule has 21 heavy (non-hydrogen) atoms. The van der Waals surface area contributed by atoms with E-state index in [2.05, 4.69) is 5.32 Å². The van der Waals surface area contributed by atoms with Crippen LogP contribution in [0.4, 0.5) is 5.69 Å². The molecule has 0 bridgehead atoms. The second kappa shape index (κ2) is 8.71. The molecular formula is C15H23N3O2S. The topological polar surface area (TPSA) is 78.6 Å². The SMILES string of the molecule is CCCN(CCO)C(C)C(=O)Nc1cccc(C(N)=S)c1. The van der Waals surface area contributed by atoms with Crippen molar-refractivity contribution in [3.63, 3.8) is 0 Å². The van der Waals surface area contributed by atoms with E-state index in [1.807, 2.05) is 18.7 Å². The van der Waals surface area contributed by atoms with Crippen LogP contribution in [0.25, 0.3) is 0 Å². The van der Waals surface area contributed by atoms with Gasteiger partial charge in [0.1, 0.15) is 4.99 Å². The van der Waals surface area contributed by atoms with Crippen LogP contribution < -0.4 is 11.1 Å². The third-order valence-electron chi connectivity index (χ3n) is 3.24. The highest BCUT2D eigenvalue weighted by molar-refractivity contribution is 7.80. The van der Waals surface area contributed by atoms with Crippen LogP contribution in [0.2, 0.25) is 0 Å². The van der Waals surface area contributed by atoms with Crippen LogP contribution in [-0.2, 0) is 4.79 Å². The highest BCUT2D eigenvalue weighted by Gasteiger charge is 2.20. The normalized spacial score (nSPS) is 12.2. The Morgan fingerprint density at radius 1 is 1.48 bits per heavy atom. The minimum Gasteiger partial charge on any atom is -0.395 e. The van der Waals surface area contributed by atoms with Crippen molar-refractivity contribution >= 4 is 28.8 Å². The average Bonchev–Trinajstić information content (AvgIpc) is 2.46. The van der Waals surface area contributed by atoms with Crippen molar-refractivity contribution in [2.45, 2.75) is 26.3 Å². The van der Waals surface area contributed by atoms with Crippen LogP contribution >= 0.6 is 12.2 Å². The Bertz CT molecular complexity index is 488. The molecule has 0 saturated heterocycles. The summed E-state index contributed by atoms with van der Waals surface area (Å²) in [5.74, 6) is -0.114. The number of aliphatic hydroxyl groups excluding tert-OH is 1. The van der Waals surface area contributed by atoms with Gasteiger partial charge in [0, 0.05) is 17.8 Å². The number of rotatable bonds is 8. The van der Waals surface area contributed by atoms with E-state index in [1.165, 1.54) is 0 Å². The van der Waals surface area contributed by atoms with E-state index >= 15 is 0 Å². The molecule has 5 nitrogen and oxygen atoms in total. The molecule has 1 aromatic carbocycles. The van der Waals surface area contributed by atoms with Crippen LogP contribution in [0.5, 0.6) is 0 Å². The summed E-state index contributed by atoms with van der Waals surface area (Å²) >= 11 is 4.93. The van der Waals surface area contributed by atoms with Gasteiger partial charge in [0.15, 0.2) is 0 Å².